The van der Waals surface area contributed by atoms with Crippen LogP contribution in [-0.2, 0) is 0 Å². The van der Waals surface area contributed by atoms with E-state index in [4.69, 9.17) is 5.73 Å². The SMILES string of the molecule is Cc1cccc(-c2ccc(C(C)C)cc2)c1N. The molecule has 0 bridgehead atoms. The second kappa shape index (κ2) is 4.62. The van der Waals surface area contributed by atoms with E-state index in [0.29, 0.717) is 5.92 Å². The van der Waals surface area contributed by atoms with E-state index in [1.54, 1.807) is 0 Å². The monoisotopic (exact) mass is 225 g/mol. The maximum absolute atomic E-state index is 6.11. The summed E-state index contributed by atoms with van der Waals surface area (Å²) in [5.41, 5.74) is 11.8. The molecule has 0 atom stereocenters. The van der Waals surface area contributed by atoms with Crippen LogP contribution < -0.4 is 5.73 Å². The summed E-state index contributed by atoms with van der Waals surface area (Å²) < 4.78 is 0. The molecule has 1 nitrogen and oxygen atoms in total. The Labute approximate surface area is 103 Å². The summed E-state index contributed by atoms with van der Waals surface area (Å²) in [6.07, 6.45) is 0. The fourth-order valence-electron chi connectivity index (χ4n) is 1.98. The first-order chi connectivity index (χ1) is 8.09. The minimum atomic E-state index is 0.568. The summed E-state index contributed by atoms with van der Waals surface area (Å²) in [5, 5.41) is 0. The zero-order chi connectivity index (χ0) is 12.4. The molecule has 0 unspecified atom stereocenters. The van der Waals surface area contributed by atoms with E-state index < -0.39 is 0 Å². The van der Waals surface area contributed by atoms with E-state index in [1.807, 2.05) is 13.0 Å². The highest BCUT2D eigenvalue weighted by Crippen LogP contribution is 2.29. The molecule has 0 aliphatic rings. The standard InChI is InChI=1S/C16H19N/c1-11(2)13-7-9-14(10-8-13)15-6-4-5-12(3)16(15)17/h4-11H,17H2,1-3H3. The van der Waals surface area contributed by atoms with Crippen LogP contribution >= 0.6 is 0 Å². The molecule has 0 fully saturated rings. The molecule has 2 rings (SSSR count). The lowest BCUT2D eigenvalue weighted by Gasteiger charge is -2.10. The molecule has 0 heterocycles. The maximum atomic E-state index is 6.11. The van der Waals surface area contributed by atoms with Gasteiger partial charge < -0.3 is 5.73 Å². The molecular formula is C16H19N. The van der Waals surface area contributed by atoms with Gasteiger partial charge in [-0.2, -0.15) is 0 Å². The molecule has 17 heavy (non-hydrogen) atoms. The van der Waals surface area contributed by atoms with Crippen molar-refractivity contribution in [3.05, 3.63) is 53.6 Å². The van der Waals surface area contributed by atoms with Crippen molar-refractivity contribution in [3.8, 4) is 11.1 Å². The third-order valence-electron chi connectivity index (χ3n) is 3.21. The Morgan fingerprint density at radius 1 is 0.941 bits per heavy atom. The zero-order valence-electron chi connectivity index (χ0n) is 10.7. The van der Waals surface area contributed by atoms with Gasteiger partial charge in [-0.15, -0.1) is 0 Å². The molecule has 2 N–H and O–H groups in total. The topological polar surface area (TPSA) is 26.0 Å². The number of hydrogen-bond acceptors (Lipinski definition) is 1. The second-order valence-corrected chi connectivity index (χ2v) is 4.81. The quantitative estimate of drug-likeness (QED) is 0.755. The van der Waals surface area contributed by atoms with Crippen molar-refractivity contribution in [1.29, 1.82) is 0 Å². The van der Waals surface area contributed by atoms with E-state index >= 15 is 0 Å². The molecule has 88 valence electrons. The number of hydrogen-bond donors (Lipinski definition) is 1. The third-order valence-corrected chi connectivity index (χ3v) is 3.21. The van der Waals surface area contributed by atoms with E-state index in [9.17, 15) is 0 Å². The van der Waals surface area contributed by atoms with Gasteiger partial charge in [-0.1, -0.05) is 56.3 Å². The Hall–Kier alpha value is -1.76. The molecule has 0 saturated carbocycles. The third kappa shape index (κ3) is 2.33. The first kappa shape index (κ1) is 11.7. The van der Waals surface area contributed by atoms with E-state index in [-0.39, 0.29) is 0 Å². The van der Waals surface area contributed by atoms with Crippen molar-refractivity contribution >= 4 is 5.69 Å². The highest BCUT2D eigenvalue weighted by molar-refractivity contribution is 5.78. The van der Waals surface area contributed by atoms with Gasteiger partial charge in [0.05, 0.1) is 0 Å². The van der Waals surface area contributed by atoms with Crippen molar-refractivity contribution in [1.82, 2.24) is 0 Å². The van der Waals surface area contributed by atoms with Gasteiger partial charge in [0.1, 0.15) is 0 Å². The van der Waals surface area contributed by atoms with Gasteiger partial charge in [-0.3, -0.25) is 0 Å². The number of aryl methyl sites for hydroxylation is 1. The molecule has 0 aromatic heterocycles. The van der Waals surface area contributed by atoms with Crippen LogP contribution in [0.4, 0.5) is 5.69 Å². The van der Waals surface area contributed by atoms with Gasteiger partial charge in [-0.05, 0) is 29.5 Å². The van der Waals surface area contributed by atoms with Crippen molar-refractivity contribution in [2.24, 2.45) is 0 Å². The minimum absolute atomic E-state index is 0.568. The Balaban J connectivity index is 2.43. The smallest absolute Gasteiger partial charge is 0.0423 e. The number of nitrogen functional groups attached to an aromatic ring is 1. The summed E-state index contributed by atoms with van der Waals surface area (Å²) in [4.78, 5) is 0. The predicted octanol–water partition coefficient (Wildman–Crippen LogP) is 4.37. The number of benzene rings is 2. The molecule has 2 aromatic rings. The fourth-order valence-corrected chi connectivity index (χ4v) is 1.98. The summed E-state index contributed by atoms with van der Waals surface area (Å²) in [6, 6.07) is 14.8. The largest absolute Gasteiger partial charge is 0.398 e. The van der Waals surface area contributed by atoms with Gasteiger partial charge in [0.25, 0.3) is 0 Å². The lowest BCUT2D eigenvalue weighted by Crippen LogP contribution is -1.93. The van der Waals surface area contributed by atoms with Crippen LogP contribution in [-0.4, -0.2) is 0 Å². The Morgan fingerprint density at radius 2 is 1.59 bits per heavy atom. The highest BCUT2D eigenvalue weighted by Gasteiger charge is 2.05. The summed E-state index contributed by atoms with van der Waals surface area (Å²) in [5.74, 6) is 0.568. The average molecular weight is 225 g/mol. The lowest BCUT2D eigenvalue weighted by atomic mass is 9.97. The second-order valence-electron chi connectivity index (χ2n) is 4.81. The average Bonchev–Trinajstić information content (AvgIpc) is 2.33. The number of rotatable bonds is 2. The molecule has 0 radical (unpaired) electrons. The van der Waals surface area contributed by atoms with Crippen LogP contribution in [0.15, 0.2) is 42.5 Å². The van der Waals surface area contributed by atoms with Crippen LogP contribution in [0, 0.1) is 6.92 Å². The van der Waals surface area contributed by atoms with Gasteiger partial charge in [-0.25, -0.2) is 0 Å². The molecule has 2 aromatic carbocycles. The minimum Gasteiger partial charge on any atom is -0.398 e. The first-order valence-electron chi connectivity index (χ1n) is 6.05. The van der Waals surface area contributed by atoms with Crippen LogP contribution in [0.1, 0.15) is 30.9 Å². The van der Waals surface area contributed by atoms with Gasteiger partial charge in [0.2, 0.25) is 0 Å². The van der Waals surface area contributed by atoms with Crippen LogP contribution in [0.5, 0.6) is 0 Å². The number of para-hydroxylation sites is 1. The molecule has 0 amide bonds. The van der Waals surface area contributed by atoms with E-state index in [2.05, 4.69) is 50.2 Å². The van der Waals surface area contributed by atoms with Crippen LogP contribution in [0.3, 0.4) is 0 Å². The Morgan fingerprint density at radius 3 is 2.18 bits per heavy atom. The van der Waals surface area contributed by atoms with Gasteiger partial charge in [0, 0.05) is 11.3 Å². The fraction of sp³-hybridized carbons (Fsp3) is 0.250. The molecular weight excluding hydrogens is 206 g/mol. The van der Waals surface area contributed by atoms with Crippen molar-refractivity contribution in [3.63, 3.8) is 0 Å². The predicted molar refractivity (Wildman–Crippen MR) is 75.1 cm³/mol. The summed E-state index contributed by atoms with van der Waals surface area (Å²) >= 11 is 0. The molecule has 0 spiro atoms. The molecule has 1 heteroatoms. The van der Waals surface area contributed by atoms with Crippen molar-refractivity contribution in [2.45, 2.75) is 26.7 Å². The lowest BCUT2D eigenvalue weighted by molar-refractivity contribution is 0.867. The normalized spacial score (nSPS) is 10.8. The van der Waals surface area contributed by atoms with Crippen LogP contribution in [0.2, 0.25) is 0 Å². The van der Waals surface area contributed by atoms with E-state index in [0.717, 1.165) is 16.8 Å². The maximum Gasteiger partial charge on any atom is 0.0423 e. The van der Waals surface area contributed by atoms with Crippen LogP contribution in [0.25, 0.3) is 11.1 Å². The number of anilines is 1. The highest BCUT2D eigenvalue weighted by atomic mass is 14.6. The molecule has 0 aliphatic heterocycles. The first-order valence-corrected chi connectivity index (χ1v) is 6.05. The Kier molecular flexibility index (Phi) is 3.19. The van der Waals surface area contributed by atoms with E-state index in [1.165, 1.54) is 11.1 Å². The van der Waals surface area contributed by atoms with Crippen molar-refractivity contribution in [2.75, 3.05) is 5.73 Å². The molecule has 0 aliphatic carbocycles. The van der Waals surface area contributed by atoms with Gasteiger partial charge in [0.15, 0.2) is 0 Å². The molecule has 0 saturated heterocycles. The Bertz CT molecular complexity index is 510. The van der Waals surface area contributed by atoms with Gasteiger partial charge >= 0.3 is 0 Å². The zero-order valence-corrected chi connectivity index (χ0v) is 10.7. The summed E-state index contributed by atoms with van der Waals surface area (Å²) in [6.45, 7) is 6.45. The number of nitrogens with two attached hydrogens (primary N) is 1. The van der Waals surface area contributed by atoms with Crippen molar-refractivity contribution < 1.29 is 0 Å². The summed E-state index contributed by atoms with van der Waals surface area (Å²) in [7, 11) is 0.